The fourth-order valence-corrected chi connectivity index (χ4v) is 2.96. The third kappa shape index (κ3) is 4.78. The second kappa shape index (κ2) is 9.02. The molecule has 0 unspecified atom stereocenters. The lowest BCUT2D eigenvalue weighted by molar-refractivity contribution is 0.0650. The van der Waals surface area contributed by atoms with Crippen LogP contribution in [0.25, 0.3) is 0 Å². The Morgan fingerprint density at radius 1 is 1.43 bits per heavy atom. The van der Waals surface area contributed by atoms with Crippen LogP contribution in [-0.2, 0) is 0 Å². The number of hydrogen-bond donors (Lipinski definition) is 2. The predicted octanol–water partition coefficient (Wildman–Crippen LogP) is 2.56. The highest BCUT2D eigenvalue weighted by atomic mass is 35.5. The van der Waals surface area contributed by atoms with Crippen molar-refractivity contribution >= 4 is 53.0 Å². The molecular formula is C14H19Cl2N5OS. The molecule has 3 heterocycles. The van der Waals surface area contributed by atoms with Gasteiger partial charge in [0.2, 0.25) is 0 Å². The number of piperazine rings is 1. The number of halogens is 2. The van der Waals surface area contributed by atoms with Gasteiger partial charge in [0, 0.05) is 37.3 Å². The highest BCUT2D eigenvalue weighted by Gasteiger charge is 2.25. The van der Waals surface area contributed by atoms with Crippen LogP contribution in [0.5, 0.6) is 0 Å². The summed E-state index contributed by atoms with van der Waals surface area (Å²) in [4.78, 5) is 22.9. The molecule has 23 heavy (non-hydrogen) atoms. The van der Waals surface area contributed by atoms with E-state index in [-0.39, 0.29) is 36.8 Å². The normalized spacial score (nSPS) is 16.9. The third-order valence-electron chi connectivity index (χ3n) is 3.39. The van der Waals surface area contributed by atoms with E-state index in [4.69, 9.17) is 0 Å². The maximum Gasteiger partial charge on any atom is 0.273 e. The number of thiazole rings is 1. The Labute approximate surface area is 151 Å². The van der Waals surface area contributed by atoms with Crippen LogP contribution in [0, 0.1) is 0 Å². The summed E-state index contributed by atoms with van der Waals surface area (Å²) in [6.07, 6.45) is 1.71. The van der Waals surface area contributed by atoms with Crippen LogP contribution in [-0.4, -0.2) is 46.5 Å². The fourth-order valence-electron chi connectivity index (χ4n) is 2.27. The maximum atomic E-state index is 12.5. The summed E-state index contributed by atoms with van der Waals surface area (Å²) in [5, 5.41) is 8.86. The van der Waals surface area contributed by atoms with E-state index in [0.29, 0.717) is 10.8 Å². The minimum atomic E-state index is -0.00526. The molecule has 6 nitrogen and oxygen atoms in total. The zero-order valence-corrected chi connectivity index (χ0v) is 15.0. The quantitative estimate of drug-likeness (QED) is 0.862. The van der Waals surface area contributed by atoms with Crippen LogP contribution >= 0.6 is 36.2 Å². The minimum Gasteiger partial charge on any atom is -0.332 e. The third-order valence-corrected chi connectivity index (χ3v) is 4.14. The van der Waals surface area contributed by atoms with Crippen LogP contribution in [0.3, 0.4) is 0 Å². The Morgan fingerprint density at radius 3 is 2.96 bits per heavy atom. The van der Waals surface area contributed by atoms with Gasteiger partial charge in [-0.2, -0.15) is 0 Å². The van der Waals surface area contributed by atoms with Crippen LogP contribution < -0.4 is 10.6 Å². The van der Waals surface area contributed by atoms with Gasteiger partial charge in [-0.25, -0.2) is 9.97 Å². The molecule has 0 spiro atoms. The SMILES string of the molecule is C[C@H]1CNCCN1C(=O)c1csc(Nc2ccccn2)n1.Cl.Cl. The molecule has 2 aromatic heterocycles. The molecule has 0 aromatic carbocycles. The second-order valence-electron chi connectivity index (χ2n) is 4.93. The Bertz CT molecular complexity index is 625. The Morgan fingerprint density at radius 2 is 2.26 bits per heavy atom. The van der Waals surface area contributed by atoms with E-state index in [0.717, 1.165) is 25.5 Å². The van der Waals surface area contributed by atoms with Crippen molar-refractivity contribution in [3.8, 4) is 0 Å². The van der Waals surface area contributed by atoms with Crippen molar-refractivity contribution in [2.45, 2.75) is 13.0 Å². The first kappa shape index (κ1) is 19.6. The van der Waals surface area contributed by atoms with Crippen molar-refractivity contribution in [2.75, 3.05) is 25.0 Å². The van der Waals surface area contributed by atoms with Crippen molar-refractivity contribution in [3.05, 3.63) is 35.5 Å². The van der Waals surface area contributed by atoms with Crippen molar-refractivity contribution < 1.29 is 4.79 Å². The average Bonchev–Trinajstić information content (AvgIpc) is 2.97. The lowest BCUT2D eigenvalue weighted by Gasteiger charge is -2.33. The topological polar surface area (TPSA) is 70.2 Å². The minimum absolute atomic E-state index is 0. The molecule has 1 atom stereocenters. The van der Waals surface area contributed by atoms with Crippen molar-refractivity contribution in [1.82, 2.24) is 20.2 Å². The molecule has 3 rings (SSSR count). The van der Waals surface area contributed by atoms with Gasteiger partial charge in [-0.3, -0.25) is 4.79 Å². The van der Waals surface area contributed by atoms with Gasteiger partial charge in [0.15, 0.2) is 5.13 Å². The Balaban J connectivity index is 0.00000132. The van der Waals surface area contributed by atoms with Gasteiger partial charge < -0.3 is 15.5 Å². The summed E-state index contributed by atoms with van der Waals surface area (Å²) in [5.41, 5.74) is 0.493. The molecule has 1 fully saturated rings. The largest absolute Gasteiger partial charge is 0.332 e. The molecule has 1 aliphatic rings. The van der Waals surface area contributed by atoms with E-state index in [1.807, 2.05) is 30.0 Å². The number of aromatic nitrogens is 2. The van der Waals surface area contributed by atoms with Gasteiger partial charge in [-0.1, -0.05) is 6.07 Å². The van der Waals surface area contributed by atoms with Gasteiger partial charge >= 0.3 is 0 Å². The number of nitrogens with one attached hydrogen (secondary N) is 2. The molecule has 0 aliphatic carbocycles. The van der Waals surface area contributed by atoms with Crippen LogP contribution in [0.4, 0.5) is 10.9 Å². The van der Waals surface area contributed by atoms with Crippen molar-refractivity contribution in [2.24, 2.45) is 0 Å². The fraction of sp³-hybridized carbons (Fsp3) is 0.357. The smallest absolute Gasteiger partial charge is 0.273 e. The second-order valence-corrected chi connectivity index (χ2v) is 5.79. The summed E-state index contributed by atoms with van der Waals surface area (Å²) in [5.74, 6) is 0.718. The zero-order chi connectivity index (χ0) is 14.7. The predicted molar refractivity (Wildman–Crippen MR) is 97.5 cm³/mol. The average molecular weight is 376 g/mol. The Kier molecular flexibility index (Phi) is 7.70. The number of amides is 1. The number of anilines is 2. The molecule has 0 saturated carbocycles. The number of carbonyl (C=O) groups excluding carboxylic acids is 1. The number of rotatable bonds is 3. The molecule has 1 saturated heterocycles. The van der Waals surface area contributed by atoms with Crippen LogP contribution in [0.2, 0.25) is 0 Å². The highest BCUT2D eigenvalue weighted by molar-refractivity contribution is 7.14. The van der Waals surface area contributed by atoms with Gasteiger partial charge in [0.25, 0.3) is 5.91 Å². The number of nitrogens with zero attached hydrogens (tertiary/aromatic N) is 3. The molecular weight excluding hydrogens is 357 g/mol. The molecule has 2 N–H and O–H groups in total. The first-order valence-electron chi connectivity index (χ1n) is 6.89. The lowest BCUT2D eigenvalue weighted by Crippen LogP contribution is -2.52. The number of hydrogen-bond acceptors (Lipinski definition) is 6. The van der Waals surface area contributed by atoms with Gasteiger partial charge in [0.05, 0.1) is 0 Å². The molecule has 1 amide bonds. The van der Waals surface area contributed by atoms with E-state index in [9.17, 15) is 4.79 Å². The standard InChI is InChI=1S/C14H17N5OS.2ClH/c1-10-8-15-6-7-19(10)13(20)11-9-21-14(17-11)18-12-4-2-3-5-16-12;;/h2-5,9-10,15H,6-8H2,1H3,(H,16,17,18);2*1H/t10-;;/m0../s1. The Hall–Kier alpha value is -1.41. The first-order chi connectivity index (χ1) is 10.2. The molecule has 9 heteroatoms. The van der Waals surface area contributed by atoms with E-state index in [1.54, 1.807) is 11.6 Å². The summed E-state index contributed by atoms with van der Waals surface area (Å²) in [6, 6.07) is 5.81. The van der Waals surface area contributed by atoms with Gasteiger partial charge in [0.1, 0.15) is 11.5 Å². The highest BCUT2D eigenvalue weighted by Crippen LogP contribution is 2.21. The van der Waals surface area contributed by atoms with Crippen LogP contribution in [0.1, 0.15) is 17.4 Å². The van der Waals surface area contributed by atoms with E-state index in [1.165, 1.54) is 11.3 Å². The summed E-state index contributed by atoms with van der Waals surface area (Å²) < 4.78 is 0. The maximum absolute atomic E-state index is 12.5. The molecule has 126 valence electrons. The lowest BCUT2D eigenvalue weighted by atomic mass is 10.2. The monoisotopic (exact) mass is 375 g/mol. The van der Waals surface area contributed by atoms with E-state index in [2.05, 4.69) is 20.6 Å². The van der Waals surface area contributed by atoms with Gasteiger partial charge in [-0.05, 0) is 19.1 Å². The van der Waals surface area contributed by atoms with Crippen molar-refractivity contribution in [3.63, 3.8) is 0 Å². The molecule has 0 radical (unpaired) electrons. The molecule has 1 aliphatic heterocycles. The first-order valence-corrected chi connectivity index (χ1v) is 7.77. The summed E-state index contributed by atoms with van der Waals surface area (Å²) in [6.45, 7) is 4.43. The van der Waals surface area contributed by atoms with Crippen molar-refractivity contribution in [1.29, 1.82) is 0 Å². The summed E-state index contributed by atoms with van der Waals surface area (Å²) in [7, 11) is 0. The van der Waals surface area contributed by atoms with Gasteiger partial charge in [-0.15, -0.1) is 36.2 Å². The van der Waals surface area contributed by atoms with Crippen LogP contribution in [0.15, 0.2) is 29.8 Å². The number of carbonyl (C=O) groups is 1. The number of pyridine rings is 1. The molecule has 2 aromatic rings. The van der Waals surface area contributed by atoms with E-state index < -0.39 is 0 Å². The van der Waals surface area contributed by atoms with E-state index >= 15 is 0 Å². The zero-order valence-electron chi connectivity index (χ0n) is 12.6. The summed E-state index contributed by atoms with van der Waals surface area (Å²) >= 11 is 1.41. The molecule has 0 bridgehead atoms.